The third kappa shape index (κ3) is 3.36. The van der Waals surface area contributed by atoms with Crippen molar-refractivity contribution >= 4 is 5.91 Å². The number of nitrogens with zero attached hydrogens (tertiary/aromatic N) is 2. The Morgan fingerprint density at radius 1 is 1.12 bits per heavy atom. The summed E-state index contributed by atoms with van der Waals surface area (Å²) in [5.41, 5.74) is 4.41. The summed E-state index contributed by atoms with van der Waals surface area (Å²) in [4.78, 5) is 17.0. The third-order valence-corrected chi connectivity index (χ3v) is 7.06. The smallest absolute Gasteiger partial charge is 0.222 e. The number of benzene rings is 1. The topological polar surface area (TPSA) is 32.8 Å². The van der Waals surface area contributed by atoms with Crippen molar-refractivity contribution in [3.05, 3.63) is 28.8 Å². The van der Waals surface area contributed by atoms with Gasteiger partial charge in [-0.05, 0) is 87.2 Å². The van der Waals surface area contributed by atoms with Crippen LogP contribution in [0.2, 0.25) is 0 Å². The second kappa shape index (κ2) is 6.88. The van der Waals surface area contributed by atoms with Crippen molar-refractivity contribution in [3.8, 4) is 5.75 Å². The van der Waals surface area contributed by atoms with E-state index < -0.39 is 0 Å². The van der Waals surface area contributed by atoms with Crippen molar-refractivity contribution in [2.45, 2.75) is 65.0 Å². The molecular formula is C22H32N2O2. The SMILES string of the molecule is COc1ccc(CN2CCC3(CCC(=O)N(C4CC4)C3)CC2)c(C)c1C. The monoisotopic (exact) mass is 356 g/mol. The number of rotatable bonds is 4. The van der Waals surface area contributed by atoms with Crippen molar-refractivity contribution in [2.24, 2.45) is 5.41 Å². The maximum Gasteiger partial charge on any atom is 0.222 e. The number of amides is 1. The first-order valence-corrected chi connectivity index (χ1v) is 10.2. The lowest BCUT2D eigenvalue weighted by molar-refractivity contribution is -0.139. The highest BCUT2D eigenvalue weighted by atomic mass is 16.5. The van der Waals surface area contributed by atoms with Gasteiger partial charge in [0.15, 0.2) is 0 Å². The number of hydrogen-bond donors (Lipinski definition) is 0. The van der Waals surface area contributed by atoms with Gasteiger partial charge in [0, 0.05) is 25.6 Å². The average Bonchev–Trinajstić information content (AvgIpc) is 3.48. The predicted molar refractivity (Wildman–Crippen MR) is 103 cm³/mol. The number of ether oxygens (including phenoxy) is 1. The second-order valence-corrected chi connectivity index (χ2v) is 8.71. The molecule has 3 aliphatic rings. The normalized spacial score (nSPS) is 23.5. The van der Waals surface area contributed by atoms with E-state index in [4.69, 9.17) is 4.74 Å². The standard InChI is InChI=1S/C22H32N2O2/c1-16-17(2)20(26-3)7-4-18(16)14-23-12-10-22(11-13-23)9-8-21(25)24(15-22)19-5-6-19/h4,7,19H,5-6,8-15H2,1-3H3. The molecule has 4 heteroatoms. The molecule has 26 heavy (non-hydrogen) atoms. The van der Waals surface area contributed by atoms with Gasteiger partial charge in [-0.3, -0.25) is 9.69 Å². The summed E-state index contributed by atoms with van der Waals surface area (Å²) in [5, 5.41) is 0. The maximum absolute atomic E-state index is 12.2. The van der Waals surface area contributed by atoms with Gasteiger partial charge in [-0.25, -0.2) is 0 Å². The van der Waals surface area contributed by atoms with E-state index in [9.17, 15) is 4.79 Å². The van der Waals surface area contributed by atoms with Gasteiger partial charge in [0.05, 0.1) is 7.11 Å². The highest BCUT2D eigenvalue weighted by molar-refractivity contribution is 5.77. The number of methoxy groups -OCH3 is 1. The van der Waals surface area contributed by atoms with Crippen molar-refractivity contribution < 1.29 is 9.53 Å². The first-order chi connectivity index (χ1) is 12.5. The van der Waals surface area contributed by atoms with Gasteiger partial charge in [-0.1, -0.05) is 6.07 Å². The van der Waals surface area contributed by atoms with Crippen molar-refractivity contribution in [2.75, 3.05) is 26.7 Å². The molecule has 1 aromatic rings. The van der Waals surface area contributed by atoms with Crippen LogP contribution in [0.4, 0.5) is 0 Å². The Balaban J connectivity index is 1.38. The molecular weight excluding hydrogens is 324 g/mol. The first-order valence-electron chi connectivity index (χ1n) is 10.2. The zero-order valence-corrected chi connectivity index (χ0v) is 16.5. The largest absolute Gasteiger partial charge is 0.496 e. The third-order valence-electron chi connectivity index (χ3n) is 7.06. The van der Waals surface area contributed by atoms with Crippen LogP contribution in [-0.4, -0.2) is 48.5 Å². The second-order valence-electron chi connectivity index (χ2n) is 8.71. The van der Waals surface area contributed by atoms with Crippen LogP contribution in [0.5, 0.6) is 5.75 Å². The fourth-order valence-corrected chi connectivity index (χ4v) is 4.84. The van der Waals surface area contributed by atoms with Crippen LogP contribution in [-0.2, 0) is 11.3 Å². The zero-order valence-electron chi connectivity index (χ0n) is 16.5. The molecule has 0 bridgehead atoms. The summed E-state index contributed by atoms with van der Waals surface area (Å²) in [7, 11) is 1.74. The molecule has 0 radical (unpaired) electrons. The van der Waals surface area contributed by atoms with Gasteiger partial charge >= 0.3 is 0 Å². The lowest BCUT2D eigenvalue weighted by Crippen LogP contribution is -2.52. The zero-order chi connectivity index (χ0) is 18.3. The molecule has 4 nitrogen and oxygen atoms in total. The van der Waals surface area contributed by atoms with E-state index in [2.05, 4.69) is 35.8 Å². The molecule has 142 valence electrons. The first kappa shape index (κ1) is 17.8. The molecule has 1 spiro atoms. The van der Waals surface area contributed by atoms with E-state index in [1.807, 2.05) is 0 Å². The highest BCUT2D eigenvalue weighted by Crippen LogP contribution is 2.43. The number of piperidine rings is 2. The maximum atomic E-state index is 12.2. The van der Waals surface area contributed by atoms with Gasteiger partial charge in [0.2, 0.25) is 5.91 Å². The molecule has 0 aromatic heterocycles. The lowest BCUT2D eigenvalue weighted by atomic mass is 9.72. The van der Waals surface area contributed by atoms with Gasteiger partial charge in [-0.15, -0.1) is 0 Å². The summed E-state index contributed by atoms with van der Waals surface area (Å²) in [6.45, 7) is 8.70. The van der Waals surface area contributed by atoms with E-state index in [1.165, 1.54) is 42.4 Å². The van der Waals surface area contributed by atoms with Crippen LogP contribution in [0.15, 0.2) is 12.1 Å². The predicted octanol–water partition coefficient (Wildman–Crippen LogP) is 3.68. The Morgan fingerprint density at radius 2 is 1.85 bits per heavy atom. The average molecular weight is 357 g/mol. The molecule has 1 aromatic carbocycles. The van der Waals surface area contributed by atoms with Gasteiger partial charge in [-0.2, -0.15) is 0 Å². The minimum absolute atomic E-state index is 0.387. The molecule has 1 saturated carbocycles. The van der Waals surface area contributed by atoms with E-state index >= 15 is 0 Å². The van der Waals surface area contributed by atoms with Crippen molar-refractivity contribution in [1.82, 2.24) is 9.80 Å². The fraction of sp³-hybridized carbons (Fsp3) is 0.682. The number of carbonyl (C=O) groups is 1. The van der Waals surface area contributed by atoms with Gasteiger partial charge in [0.1, 0.15) is 5.75 Å². The van der Waals surface area contributed by atoms with E-state index in [-0.39, 0.29) is 0 Å². The quantitative estimate of drug-likeness (QED) is 0.825. The summed E-state index contributed by atoms with van der Waals surface area (Å²) >= 11 is 0. The van der Waals surface area contributed by atoms with E-state index in [1.54, 1.807) is 7.11 Å². The van der Waals surface area contributed by atoms with Crippen LogP contribution < -0.4 is 4.74 Å². The Morgan fingerprint density at radius 3 is 2.50 bits per heavy atom. The van der Waals surface area contributed by atoms with Crippen LogP contribution in [0, 0.1) is 19.3 Å². The number of hydrogen-bond acceptors (Lipinski definition) is 3. The van der Waals surface area contributed by atoms with E-state index in [0.29, 0.717) is 17.4 Å². The highest BCUT2D eigenvalue weighted by Gasteiger charge is 2.45. The summed E-state index contributed by atoms with van der Waals surface area (Å²) in [6, 6.07) is 4.89. The molecule has 2 heterocycles. The molecule has 3 fully saturated rings. The fourth-order valence-electron chi connectivity index (χ4n) is 4.84. The Hall–Kier alpha value is -1.55. The molecule has 1 aliphatic carbocycles. The summed E-state index contributed by atoms with van der Waals surface area (Å²) in [6.07, 6.45) is 6.79. The lowest BCUT2D eigenvalue weighted by Gasteiger charge is -2.47. The van der Waals surface area contributed by atoms with Gasteiger partial charge in [0.25, 0.3) is 0 Å². The Kier molecular flexibility index (Phi) is 4.72. The molecule has 0 N–H and O–H groups in total. The minimum atomic E-state index is 0.387. The van der Waals surface area contributed by atoms with Crippen LogP contribution >= 0.6 is 0 Å². The summed E-state index contributed by atoms with van der Waals surface area (Å²) in [5.74, 6) is 1.39. The van der Waals surface area contributed by atoms with Crippen LogP contribution in [0.25, 0.3) is 0 Å². The summed E-state index contributed by atoms with van der Waals surface area (Å²) < 4.78 is 5.44. The van der Waals surface area contributed by atoms with Crippen molar-refractivity contribution in [3.63, 3.8) is 0 Å². The number of likely N-dealkylation sites (tertiary alicyclic amines) is 2. The Labute approximate surface area is 157 Å². The van der Waals surface area contributed by atoms with Crippen LogP contribution in [0.3, 0.4) is 0 Å². The van der Waals surface area contributed by atoms with E-state index in [0.717, 1.165) is 44.8 Å². The minimum Gasteiger partial charge on any atom is -0.496 e. The number of carbonyl (C=O) groups excluding carboxylic acids is 1. The molecule has 1 amide bonds. The molecule has 0 unspecified atom stereocenters. The molecule has 0 atom stereocenters. The Bertz CT molecular complexity index is 688. The van der Waals surface area contributed by atoms with Crippen LogP contribution in [0.1, 0.15) is 55.2 Å². The molecule has 2 saturated heterocycles. The molecule has 4 rings (SSSR count). The molecule has 2 aliphatic heterocycles. The van der Waals surface area contributed by atoms with Crippen molar-refractivity contribution in [1.29, 1.82) is 0 Å². The van der Waals surface area contributed by atoms with Gasteiger partial charge < -0.3 is 9.64 Å².